The van der Waals surface area contributed by atoms with Crippen molar-refractivity contribution in [2.45, 2.75) is 32.7 Å². The molecule has 19 heavy (non-hydrogen) atoms. The SMILES string of the molecule is Cc1cc(N(C)C2CCc3ccccc32)nc(C)n1. The standard InChI is InChI=1S/C16H19N3/c1-11-10-16(18-12(2)17-11)19(3)15-9-8-13-6-4-5-7-14(13)15/h4-7,10,15H,8-9H2,1-3H3. The second-order valence-corrected chi connectivity index (χ2v) is 5.28. The molecule has 0 aliphatic heterocycles. The van der Waals surface area contributed by atoms with Crippen LogP contribution in [-0.2, 0) is 6.42 Å². The Hall–Kier alpha value is -1.90. The minimum atomic E-state index is 0.435. The molecule has 1 aromatic carbocycles. The van der Waals surface area contributed by atoms with Gasteiger partial charge in [-0.25, -0.2) is 9.97 Å². The van der Waals surface area contributed by atoms with Crippen LogP contribution in [0.25, 0.3) is 0 Å². The highest BCUT2D eigenvalue weighted by Gasteiger charge is 2.26. The molecule has 0 saturated carbocycles. The van der Waals surface area contributed by atoms with E-state index < -0.39 is 0 Å². The number of aromatic nitrogens is 2. The Labute approximate surface area is 114 Å². The minimum absolute atomic E-state index is 0.435. The topological polar surface area (TPSA) is 29.0 Å². The predicted octanol–water partition coefficient (Wildman–Crippen LogP) is 3.22. The van der Waals surface area contributed by atoms with Crippen LogP contribution >= 0.6 is 0 Å². The van der Waals surface area contributed by atoms with E-state index in [0.717, 1.165) is 30.2 Å². The van der Waals surface area contributed by atoms with Crippen molar-refractivity contribution in [2.24, 2.45) is 0 Å². The van der Waals surface area contributed by atoms with Crippen molar-refractivity contribution in [2.75, 3.05) is 11.9 Å². The highest BCUT2D eigenvalue weighted by Crippen LogP contribution is 2.36. The molecule has 0 bridgehead atoms. The predicted molar refractivity (Wildman–Crippen MR) is 77.4 cm³/mol. The van der Waals surface area contributed by atoms with E-state index in [1.165, 1.54) is 11.1 Å². The van der Waals surface area contributed by atoms with E-state index >= 15 is 0 Å². The Kier molecular flexibility index (Phi) is 2.97. The lowest BCUT2D eigenvalue weighted by atomic mass is 10.1. The maximum atomic E-state index is 4.57. The number of benzene rings is 1. The van der Waals surface area contributed by atoms with Crippen molar-refractivity contribution in [1.29, 1.82) is 0 Å². The maximum absolute atomic E-state index is 4.57. The molecule has 3 nitrogen and oxygen atoms in total. The molecule has 0 N–H and O–H groups in total. The first-order chi connectivity index (χ1) is 9.15. The lowest BCUT2D eigenvalue weighted by molar-refractivity contribution is 0.652. The molecular weight excluding hydrogens is 234 g/mol. The van der Waals surface area contributed by atoms with Gasteiger partial charge in [-0.15, -0.1) is 0 Å². The van der Waals surface area contributed by atoms with Gasteiger partial charge in [0.15, 0.2) is 0 Å². The molecule has 0 saturated heterocycles. The summed E-state index contributed by atoms with van der Waals surface area (Å²) in [7, 11) is 2.13. The highest BCUT2D eigenvalue weighted by atomic mass is 15.2. The summed E-state index contributed by atoms with van der Waals surface area (Å²) >= 11 is 0. The van der Waals surface area contributed by atoms with Gasteiger partial charge in [0, 0.05) is 18.8 Å². The van der Waals surface area contributed by atoms with Crippen LogP contribution in [0.15, 0.2) is 30.3 Å². The second kappa shape index (κ2) is 4.65. The monoisotopic (exact) mass is 253 g/mol. The van der Waals surface area contributed by atoms with Crippen LogP contribution in [0, 0.1) is 13.8 Å². The molecular formula is C16H19N3. The van der Waals surface area contributed by atoms with Crippen molar-refractivity contribution in [3.63, 3.8) is 0 Å². The quantitative estimate of drug-likeness (QED) is 0.823. The number of hydrogen-bond donors (Lipinski definition) is 0. The number of rotatable bonds is 2. The van der Waals surface area contributed by atoms with Crippen molar-refractivity contribution >= 4 is 5.82 Å². The number of fused-ring (bicyclic) bond motifs is 1. The fraction of sp³-hybridized carbons (Fsp3) is 0.375. The van der Waals surface area contributed by atoms with Gasteiger partial charge in [-0.1, -0.05) is 24.3 Å². The van der Waals surface area contributed by atoms with Gasteiger partial charge in [0.05, 0.1) is 6.04 Å². The van der Waals surface area contributed by atoms with Gasteiger partial charge in [-0.2, -0.15) is 0 Å². The van der Waals surface area contributed by atoms with Crippen molar-refractivity contribution in [3.05, 3.63) is 53.0 Å². The van der Waals surface area contributed by atoms with E-state index in [2.05, 4.69) is 52.2 Å². The maximum Gasteiger partial charge on any atom is 0.132 e. The third kappa shape index (κ3) is 2.21. The third-order valence-corrected chi connectivity index (χ3v) is 3.88. The van der Waals surface area contributed by atoms with E-state index in [1.54, 1.807) is 0 Å². The molecule has 1 atom stereocenters. The first-order valence-corrected chi connectivity index (χ1v) is 6.78. The summed E-state index contributed by atoms with van der Waals surface area (Å²) in [5.74, 6) is 1.86. The third-order valence-electron chi connectivity index (χ3n) is 3.88. The van der Waals surface area contributed by atoms with Crippen molar-refractivity contribution in [1.82, 2.24) is 9.97 Å². The molecule has 1 heterocycles. The zero-order chi connectivity index (χ0) is 13.4. The Morgan fingerprint density at radius 2 is 1.95 bits per heavy atom. The van der Waals surface area contributed by atoms with E-state index in [4.69, 9.17) is 0 Å². The van der Waals surface area contributed by atoms with Gasteiger partial charge < -0.3 is 4.90 Å². The van der Waals surface area contributed by atoms with Gasteiger partial charge in [-0.3, -0.25) is 0 Å². The molecule has 0 amide bonds. The fourth-order valence-corrected chi connectivity index (χ4v) is 2.97. The van der Waals surface area contributed by atoms with Gasteiger partial charge in [-0.05, 0) is 37.8 Å². The lowest BCUT2D eigenvalue weighted by Crippen LogP contribution is -2.23. The summed E-state index contributed by atoms with van der Waals surface area (Å²) in [5, 5.41) is 0. The second-order valence-electron chi connectivity index (χ2n) is 5.28. The van der Waals surface area contributed by atoms with Crippen LogP contribution in [0.4, 0.5) is 5.82 Å². The molecule has 98 valence electrons. The number of nitrogens with zero attached hydrogens (tertiary/aromatic N) is 3. The van der Waals surface area contributed by atoms with E-state index in [1.807, 2.05) is 13.8 Å². The molecule has 0 fully saturated rings. The highest BCUT2D eigenvalue weighted by molar-refractivity contribution is 5.46. The molecule has 3 heteroatoms. The summed E-state index contributed by atoms with van der Waals surface area (Å²) < 4.78 is 0. The van der Waals surface area contributed by atoms with Crippen LogP contribution in [0.2, 0.25) is 0 Å². The Balaban J connectivity index is 1.95. The van der Waals surface area contributed by atoms with Gasteiger partial charge in [0.25, 0.3) is 0 Å². The summed E-state index contributed by atoms with van der Waals surface area (Å²) in [6, 6.07) is 11.2. The van der Waals surface area contributed by atoms with Crippen molar-refractivity contribution in [3.8, 4) is 0 Å². The first kappa shape index (κ1) is 12.2. The molecule has 1 aliphatic rings. The summed E-state index contributed by atoms with van der Waals surface area (Å²) in [6.45, 7) is 3.97. The average Bonchev–Trinajstić information content (AvgIpc) is 2.80. The average molecular weight is 253 g/mol. The number of anilines is 1. The molecule has 1 unspecified atom stereocenters. The molecule has 2 aromatic rings. The molecule has 0 spiro atoms. The van der Waals surface area contributed by atoms with Crippen LogP contribution in [0.5, 0.6) is 0 Å². The zero-order valence-electron chi connectivity index (χ0n) is 11.7. The Bertz CT molecular complexity index is 586. The van der Waals surface area contributed by atoms with E-state index in [9.17, 15) is 0 Å². The summed E-state index contributed by atoms with van der Waals surface area (Å²) in [4.78, 5) is 11.2. The summed E-state index contributed by atoms with van der Waals surface area (Å²) in [6.07, 6.45) is 2.33. The molecule has 1 aromatic heterocycles. The molecule has 0 radical (unpaired) electrons. The first-order valence-electron chi connectivity index (χ1n) is 6.78. The van der Waals surface area contributed by atoms with Crippen molar-refractivity contribution < 1.29 is 0 Å². The normalized spacial score (nSPS) is 17.3. The lowest BCUT2D eigenvalue weighted by Gasteiger charge is -2.26. The smallest absolute Gasteiger partial charge is 0.132 e. The van der Waals surface area contributed by atoms with Gasteiger partial charge in [0.1, 0.15) is 11.6 Å². The zero-order valence-corrected chi connectivity index (χ0v) is 11.7. The molecule has 3 rings (SSSR count). The van der Waals surface area contributed by atoms with Gasteiger partial charge >= 0.3 is 0 Å². The number of aryl methyl sites for hydroxylation is 3. The van der Waals surface area contributed by atoms with E-state index in [0.29, 0.717) is 6.04 Å². The van der Waals surface area contributed by atoms with Crippen LogP contribution in [0.3, 0.4) is 0 Å². The van der Waals surface area contributed by atoms with Gasteiger partial charge in [0.2, 0.25) is 0 Å². The number of hydrogen-bond acceptors (Lipinski definition) is 3. The van der Waals surface area contributed by atoms with E-state index in [-0.39, 0.29) is 0 Å². The largest absolute Gasteiger partial charge is 0.352 e. The van der Waals surface area contributed by atoms with Crippen LogP contribution in [-0.4, -0.2) is 17.0 Å². The van der Waals surface area contributed by atoms with Crippen LogP contribution < -0.4 is 4.90 Å². The fourth-order valence-electron chi connectivity index (χ4n) is 2.97. The minimum Gasteiger partial charge on any atom is -0.352 e. The summed E-state index contributed by atoms with van der Waals surface area (Å²) in [5.41, 5.74) is 3.95. The van der Waals surface area contributed by atoms with Crippen LogP contribution in [0.1, 0.15) is 35.1 Å². The Morgan fingerprint density at radius 1 is 1.16 bits per heavy atom. The molecule has 1 aliphatic carbocycles. The Morgan fingerprint density at radius 3 is 2.74 bits per heavy atom.